The molecular formula is C28H46Cl2N2O2. The second kappa shape index (κ2) is 13.3. The zero-order valence-electron chi connectivity index (χ0n) is 21.9. The standard InChI is InChI=1S/C28H44N2O2.2ClH/c1-7-21(17-20-11-9-8-10-12-20)24-18-25(24)30-23-15-13-22(14-16-23)29-19-28(5,6)26(31)32-27(2,3)4;;/h8-12,17,22-25,29-30H,7,13-16,18-19H2,1-6H3;2*1H/t22-,23-,24-,25+;;/m0../s1. The average Bonchev–Trinajstić information content (AvgIpc) is 3.50. The Morgan fingerprint density at radius 1 is 1.00 bits per heavy atom. The second-order valence-electron chi connectivity index (χ2n) is 11.4. The van der Waals surface area contributed by atoms with Gasteiger partial charge in [0, 0.05) is 24.7 Å². The zero-order chi connectivity index (χ0) is 23.4. The summed E-state index contributed by atoms with van der Waals surface area (Å²) in [6.07, 6.45) is 9.53. The molecule has 6 heteroatoms. The van der Waals surface area contributed by atoms with Gasteiger partial charge in [-0.25, -0.2) is 0 Å². The fourth-order valence-electron chi connectivity index (χ4n) is 4.68. The molecule has 2 aliphatic rings. The molecule has 0 bridgehead atoms. The summed E-state index contributed by atoms with van der Waals surface area (Å²) in [5.74, 6) is 0.577. The Balaban J connectivity index is 0.00000289. The van der Waals surface area contributed by atoms with Crippen molar-refractivity contribution in [2.75, 3.05) is 6.54 Å². The second-order valence-corrected chi connectivity index (χ2v) is 11.4. The molecule has 4 nitrogen and oxygen atoms in total. The number of ether oxygens (including phenoxy) is 1. The first kappa shape index (κ1) is 31.0. The first-order valence-electron chi connectivity index (χ1n) is 12.6. The molecular weight excluding hydrogens is 467 g/mol. The van der Waals surface area contributed by atoms with E-state index < -0.39 is 11.0 Å². The van der Waals surface area contributed by atoms with Crippen molar-refractivity contribution in [2.45, 2.75) is 104 Å². The molecule has 3 rings (SSSR count). The third-order valence-electron chi connectivity index (χ3n) is 6.79. The molecule has 1 aromatic rings. The Morgan fingerprint density at radius 3 is 2.15 bits per heavy atom. The van der Waals surface area contributed by atoms with E-state index in [0.717, 1.165) is 6.42 Å². The van der Waals surface area contributed by atoms with Gasteiger partial charge in [-0.3, -0.25) is 4.79 Å². The molecule has 0 aromatic heterocycles. The van der Waals surface area contributed by atoms with Gasteiger partial charge < -0.3 is 15.4 Å². The normalized spacial score (nSPS) is 25.1. The molecule has 2 N–H and O–H groups in total. The van der Waals surface area contributed by atoms with Crippen LogP contribution in [-0.4, -0.2) is 36.2 Å². The first-order chi connectivity index (χ1) is 15.1. The van der Waals surface area contributed by atoms with Crippen LogP contribution in [0.2, 0.25) is 0 Å². The number of carbonyl (C=O) groups is 1. The maximum absolute atomic E-state index is 12.5. The van der Waals surface area contributed by atoms with E-state index in [-0.39, 0.29) is 30.8 Å². The number of carbonyl (C=O) groups excluding carboxylic acids is 1. The largest absolute Gasteiger partial charge is 0.460 e. The fraction of sp³-hybridized carbons (Fsp3) is 0.679. The van der Waals surface area contributed by atoms with E-state index in [1.807, 2.05) is 34.6 Å². The SMILES string of the molecule is CCC(=Cc1ccccc1)[C@@H]1C[C@H]1N[C@H]1CC[C@H](NCC(C)(C)C(=O)OC(C)(C)C)CC1.Cl.Cl. The van der Waals surface area contributed by atoms with Crippen LogP contribution in [0.1, 0.15) is 85.6 Å². The number of nitrogens with one attached hydrogen (secondary N) is 2. The molecule has 0 heterocycles. The van der Waals surface area contributed by atoms with Crippen LogP contribution in [0.25, 0.3) is 6.08 Å². The van der Waals surface area contributed by atoms with E-state index in [1.54, 1.807) is 5.57 Å². The van der Waals surface area contributed by atoms with E-state index in [0.29, 0.717) is 30.6 Å². The van der Waals surface area contributed by atoms with Crippen molar-refractivity contribution in [3.63, 3.8) is 0 Å². The van der Waals surface area contributed by atoms with Crippen molar-refractivity contribution in [1.29, 1.82) is 0 Å². The first-order valence-corrected chi connectivity index (χ1v) is 12.6. The summed E-state index contributed by atoms with van der Waals surface area (Å²) >= 11 is 0. The minimum Gasteiger partial charge on any atom is -0.460 e. The number of halogens is 2. The Morgan fingerprint density at radius 2 is 1.59 bits per heavy atom. The van der Waals surface area contributed by atoms with Gasteiger partial charge in [-0.05, 0) is 84.6 Å². The Labute approximate surface area is 219 Å². The summed E-state index contributed by atoms with van der Waals surface area (Å²) < 4.78 is 5.59. The molecule has 2 atom stereocenters. The van der Waals surface area contributed by atoms with Crippen LogP contribution in [0.4, 0.5) is 0 Å². The van der Waals surface area contributed by atoms with Gasteiger partial charge in [-0.15, -0.1) is 24.8 Å². The molecule has 194 valence electrons. The Bertz CT molecular complexity index is 781. The average molecular weight is 514 g/mol. The fourth-order valence-corrected chi connectivity index (χ4v) is 4.68. The minimum absolute atomic E-state index is 0. The number of rotatable bonds is 9. The molecule has 0 aliphatic heterocycles. The topological polar surface area (TPSA) is 50.4 Å². The van der Waals surface area contributed by atoms with Gasteiger partial charge in [0.05, 0.1) is 5.41 Å². The highest BCUT2D eigenvalue weighted by Crippen LogP contribution is 2.40. The highest BCUT2D eigenvalue weighted by molar-refractivity contribution is 5.85. The van der Waals surface area contributed by atoms with Gasteiger partial charge in [0.25, 0.3) is 0 Å². The lowest BCUT2D eigenvalue weighted by Crippen LogP contribution is -2.46. The Kier molecular flexibility index (Phi) is 12.1. The van der Waals surface area contributed by atoms with Gasteiger partial charge in [0.2, 0.25) is 0 Å². The number of benzene rings is 1. The van der Waals surface area contributed by atoms with Gasteiger partial charge >= 0.3 is 5.97 Å². The number of esters is 1. The van der Waals surface area contributed by atoms with Crippen LogP contribution < -0.4 is 10.6 Å². The maximum atomic E-state index is 12.5. The summed E-state index contributed by atoms with van der Waals surface area (Å²) in [7, 11) is 0. The lowest BCUT2D eigenvalue weighted by atomic mass is 9.88. The smallest absolute Gasteiger partial charge is 0.313 e. The van der Waals surface area contributed by atoms with Crippen molar-refractivity contribution in [2.24, 2.45) is 11.3 Å². The summed E-state index contributed by atoms with van der Waals surface area (Å²) in [5, 5.41) is 7.58. The Hall–Kier alpha value is -1.07. The van der Waals surface area contributed by atoms with E-state index in [2.05, 4.69) is 54.0 Å². The van der Waals surface area contributed by atoms with Gasteiger partial charge in [0.15, 0.2) is 0 Å². The van der Waals surface area contributed by atoms with E-state index in [9.17, 15) is 4.79 Å². The van der Waals surface area contributed by atoms with Crippen molar-refractivity contribution in [3.8, 4) is 0 Å². The summed E-state index contributed by atoms with van der Waals surface area (Å²) in [5.41, 5.74) is 1.95. The van der Waals surface area contributed by atoms with Gasteiger partial charge in [0.1, 0.15) is 5.60 Å². The van der Waals surface area contributed by atoms with Crippen LogP contribution in [0, 0.1) is 11.3 Å². The zero-order valence-corrected chi connectivity index (χ0v) is 23.5. The van der Waals surface area contributed by atoms with Crippen LogP contribution >= 0.6 is 24.8 Å². The third-order valence-corrected chi connectivity index (χ3v) is 6.79. The highest BCUT2D eigenvalue weighted by atomic mass is 35.5. The highest BCUT2D eigenvalue weighted by Gasteiger charge is 2.40. The molecule has 2 aliphatic carbocycles. The molecule has 0 saturated heterocycles. The van der Waals surface area contributed by atoms with Gasteiger partial charge in [-0.1, -0.05) is 48.9 Å². The molecule has 1 aromatic carbocycles. The summed E-state index contributed by atoms with van der Waals surface area (Å²) in [4.78, 5) is 12.5. The lowest BCUT2D eigenvalue weighted by molar-refractivity contribution is -0.165. The quantitative estimate of drug-likeness (QED) is 0.367. The minimum atomic E-state index is -0.509. The predicted octanol–water partition coefficient (Wildman–Crippen LogP) is 6.57. The third kappa shape index (κ3) is 9.53. The van der Waals surface area contributed by atoms with E-state index in [1.165, 1.54) is 37.7 Å². The summed E-state index contributed by atoms with van der Waals surface area (Å²) in [6.45, 7) is 12.7. The predicted molar refractivity (Wildman–Crippen MR) is 148 cm³/mol. The number of hydrogen-bond donors (Lipinski definition) is 2. The van der Waals surface area contributed by atoms with Crippen LogP contribution in [0.5, 0.6) is 0 Å². The van der Waals surface area contributed by atoms with E-state index in [4.69, 9.17) is 4.74 Å². The molecule has 2 saturated carbocycles. The van der Waals surface area contributed by atoms with Crippen molar-refractivity contribution in [3.05, 3.63) is 41.5 Å². The van der Waals surface area contributed by atoms with Crippen LogP contribution in [-0.2, 0) is 9.53 Å². The molecule has 34 heavy (non-hydrogen) atoms. The lowest BCUT2D eigenvalue weighted by Gasteiger charge is -2.33. The van der Waals surface area contributed by atoms with Crippen molar-refractivity contribution < 1.29 is 9.53 Å². The summed E-state index contributed by atoms with van der Waals surface area (Å²) in [6, 6.07) is 12.5. The van der Waals surface area contributed by atoms with Crippen LogP contribution in [0.3, 0.4) is 0 Å². The van der Waals surface area contributed by atoms with Crippen molar-refractivity contribution in [1.82, 2.24) is 10.6 Å². The molecule has 0 amide bonds. The monoisotopic (exact) mass is 512 g/mol. The molecule has 2 fully saturated rings. The molecule has 0 unspecified atom stereocenters. The molecule has 0 radical (unpaired) electrons. The maximum Gasteiger partial charge on any atom is 0.313 e. The molecule has 0 spiro atoms. The van der Waals surface area contributed by atoms with Crippen molar-refractivity contribution >= 4 is 36.9 Å². The number of hydrogen-bond acceptors (Lipinski definition) is 4. The van der Waals surface area contributed by atoms with Crippen LogP contribution in [0.15, 0.2) is 35.9 Å². The van der Waals surface area contributed by atoms with Gasteiger partial charge in [-0.2, -0.15) is 0 Å². The van der Waals surface area contributed by atoms with E-state index >= 15 is 0 Å².